The van der Waals surface area contributed by atoms with Gasteiger partial charge in [-0.15, -0.1) is 0 Å². The largest absolute Gasteiger partial charge is 0.474 e. The van der Waals surface area contributed by atoms with Crippen LogP contribution >= 0.6 is 0 Å². The first kappa shape index (κ1) is 11.4. The van der Waals surface area contributed by atoms with Crippen molar-refractivity contribution >= 4 is 0 Å². The summed E-state index contributed by atoms with van der Waals surface area (Å²) < 4.78 is 5.85. The molecule has 0 amide bonds. The van der Waals surface area contributed by atoms with E-state index >= 15 is 0 Å². The van der Waals surface area contributed by atoms with Gasteiger partial charge in [-0.2, -0.15) is 0 Å². The normalized spacial score (nSPS) is 17.3. The second kappa shape index (κ2) is 5.85. The average molecular weight is 220 g/mol. The molecule has 1 saturated carbocycles. The summed E-state index contributed by atoms with van der Waals surface area (Å²) in [6.45, 7) is 0.671. The first-order valence-electron chi connectivity index (χ1n) is 6.20. The van der Waals surface area contributed by atoms with Gasteiger partial charge in [0.25, 0.3) is 0 Å². The molecule has 1 aliphatic carbocycles. The molecule has 2 rings (SSSR count). The summed E-state index contributed by atoms with van der Waals surface area (Å²) in [7, 11) is 0. The van der Waals surface area contributed by atoms with Crippen LogP contribution in [0.5, 0.6) is 5.88 Å². The zero-order valence-corrected chi connectivity index (χ0v) is 9.69. The van der Waals surface area contributed by atoms with Crippen molar-refractivity contribution in [3.63, 3.8) is 0 Å². The van der Waals surface area contributed by atoms with Gasteiger partial charge in [0.1, 0.15) is 6.10 Å². The van der Waals surface area contributed by atoms with E-state index in [-0.39, 0.29) is 0 Å². The maximum atomic E-state index is 5.85. The smallest absolute Gasteiger partial charge is 0.213 e. The van der Waals surface area contributed by atoms with E-state index in [4.69, 9.17) is 10.5 Å². The highest BCUT2D eigenvalue weighted by Crippen LogP contribution is 2.22. The lowest BCUT2D eigenvalue weighted by Gasteiger charge is -2.22. The molecule has 3 nitrogen and oxygen atoms in total. The molecule has 0 unspecified atom stereocenters. The van der Waals surface area contributed by atoms with Crippen LogP contribution in [0.2, 0.25) is 0 Å². The highest BCUT2D eigenvalue weighted by molar-refractivity contribution is 5.18. The van der Waals surface area contributed by atoms with E-state index < -0.39 is 0 Å². The Hall–Kier alpha value is -1.09. The molecule has 0 atom stereocenters. The highest BCUT2D eigenvalue weighted by Gasteiger charge is 2.14. The fourth-order valence-corrected chi connectivity index (χ4v) is 2.15. The van der Waals surface area contributed by atoms with Gasteiger partial charge in [-0.05, 0) is 44.2 Å². The summed E-state index contributed by atoms with van der Waals surface area (Å²) in [5, 5.41) is 0. The van der Waals surface area contributed by atoms with E-state index in [2.05, 4.69) is 11.1 Å². The van der Waals surface area contributed by atoms with Gasteiger partial charge < -0.3 is 10.5 Å². The summed E-state index contributed by atoms with van der Waals surface area (Å²) in [5.74, 6) is 0.757. The average Bonchev–Trinajstić information content (AvgIpc) is 2.33. The van der Waals surface area contributed by atoms with Gasteiger partial charge >= 0.3 is 0 Å². The topological polar surface area (TPSA) is 48.1 Å². The lowest BCUT2D eigenvalue weighted by molar-refractivity contribution is 0.148. The molecule has 1 fully saturated rings. The van der Waals surface area contributed by atoms with Gasteiger partial charge in [0.2, 0.25) is 5.88 Å². The van der Waals surface area contributed by atoms with Gasteiger partial charge in [0.05, 0.1) is 0 Å². The van der Waals surface area contributed by atoms with Crippen LogP contribution in [0.25, 0.3) is 0 Å². The molecule has 1 heterocycles. The molecule has 0 spiro atoms. The van der Waals surface area contributed by atoms with Crippen molar-refractivity contribution in [1.29, 1.82) is 0 Å². The standard InChI is InChI=1S/C13H20N2O/c14-9-8-11-6-7-13(15-10-11)16-12-4-2-1-3-5-12/h6-7,10,12H,1-5,8-9,14H2. The molecule has 16 heavy (non-hydrogen) atoms. The Balaban J connectivity index is 1.88. The van der Waals surface area contributed by atoms with Crippen LogP contribution in [0, 0.1) is 0 Å². The second-order valence-electron chi connectivity index (χ2n) is 4.42. The number of nitrogens with two attached hydrogens (primary N) is 1. The van der Waals surface area contributed by atoms with E-state index in [9.17, 15) is 0 Å². The minimum atomic E-state index is 0.376. The van der Waals surface area contributed by atoms with Crippen molar-refractivity contribution in [2.75, 3.05) is 6.54 Å². The van der Waals surface area contributed by atoms with E-state index in [0.29, 0.717) is 12.6 Å². The number of hydrogen-bond donors (Lipinski definition) is 1. The monoisotopic (exact) mass is 220 g/mol. The Bertz CT molecular complexity index is 304. The molecule has 1 aromatic rings. The summed E-state index contributed by atoms with van der Waals surface area (Å²) in [6, 6.07) is 4.01. The Morgan fingerprint density at radius 3 is 2.69 bits per heavy atom. The molecule has 2 N–H and O–H groups in total. The third-order valence-electron chi connectivity index (χ3n) is 3.07. The number of hydrogen-bond acceptors (Lipinski definition) is 3. The summed E-state index contributed by atoms with van der Waals surface area (Å²) in [4.78, 5) is 4.31. The van der Waals surface area contributed by atoms with Crippen molar-refractivity contribution in [3.8, 4) is 5.88 Å². The van der Waals surface area contributed by atoms with Gasteiger partial charge in [-0.1, -0.05) is 12.5 Å². The number of nitrogens with zero attached hydrogens (tertiary/aromatic N) is 1. The van der Waals surface area contributed by atoms with Crippen molar-refractivity contribution in [2.24, 2.45) is 5.73 Å². The maximum absolute atomic E-state index is 5.85. The van der Waals surface area contributed by atoms with Crippen molar-refractivity contribution in [3.05, 3.63) is 23.9 Å². The third kappa shape index (κ3) is 3.20. The van der Waals surface area contributed by atoms with Crippen molar-refractivity contribution < 1.29 is 4.74 Å². The Morgan fingerprint density at radius 1 is 1.25 bits per heavy atom. The molecule has 3 heteroatoms. The second-order valence-corrected chi connectivity index (χ2v) is 4.42. The van der Waals surface area contributed by atoms with E-state index in [0.717, 1.165) is 12.3 Å². The number of rotatable bonds is 4. The van der Waals surface area contributed by atoms with Gasteiger partial charge in [-0.3, -0.25) is 0 Å². The molecular weight excluding hydrogens is 200 g/mol. The van der Waals surface area contributed by atoms with Gasteiger partial charge in [0.15, 0.2) is 0 Å². The van der Waals surface area contributed by atoms with E-state index in [1.165, 1.54) is 37.7 Å². The lowest BCUT2D eigenvalue weighted by atomic mass is 9.98. The predicted molar refractivity (Wildman–Crippen MR) is 64.5 cm³/mol. The Labute approximate surface area is 97.0 Å². The van der Waals surface area contributed by atoms with E-state index in [1.807, 2.05) is 12.3 Å². The third-order valence-corrected chi connectivity index (χ3v) is 3.07. The SMILES string of the molecule is NCCc1ccc(OC2CCCCC2)nc1. The van der Waals surface area contributed by atoms with Crippen LogP contribution in [-0.4, -0.2) is 17.6 Å². The van der Waals surface area contributed by atoms with Crippen LogP contribution < -0.4 is 10.5 Å². The van der Waals surface area contributed by atoms with Crippen LogP contribution in [-0.2, 0) is 6.42 Å². The fourth-order valence-electron chi connectivity index (χ4n) is 2.15. The molecule has 1 aliphatic rings. The van der Waals surface area contributed by atoms with Gasteiger partial charge in [0, 0.05) is 12.3 Å². The summed E-state index contributed by atoms with van der Waals surface area (Å²) in [5.41, 5.74) is 6.67. The van der Waals surface area contributed by atoms with Gasteiger partial charge in [-0.25, -0.2) is 4.98 Å². The fraction of sp³-hybridized carbons (Fsp3) is 0.615. The minimum absolute atomic E-state index is 0.376. The zero-order chi connectivity index (χ0) is 11.2. The zero-order valence-electron chi connectivity index (χ0n) is 9.69. The van der Waals surface area contributed by atoms with Crippen molar-refractivity contribution in [2.45, 2.75) is 44.6 Å². The Kier molecular flexibility index (Phi) is 4.17. The van der Waals surface area contributed by atoms with Crippen LogP contribution in [0.3, 0.4) is 0 Å². The molecule has 1 aromatic heterocycles. The van der Waals surface area contributed by atoms with Crippen LogP contribution in [0.4, 0.5) is 0 Å². The molecule has 0 bridgehead atoms. The Morgan fingerprint density at radius 2 is 2.06 bits per heavy atom. The molecule has 0 saturated heterocycles. The summed E-state index contributed by atoms with van der Waals surface area (Å²) in [6.07, 6.45) is 9.40. The minimum Gasteiger partial charge on any atom is -0.474 e. The number of aromatic nitrogens is 1. The molecule has 0 radical (unpaired) electrons. The molecule has 0 aromatic carbocycles. The van der Waals surface area contributed by atoms with E-state index in [1.54, 1.807) is 0 Å². The molecule has 0 aliphatic heterocycles. The highest BCUT2D eigenvalue weighted by atomic mass is 16.5. The lowest BCUT2D eigenvalue weighted by Crippen LogP contribution is -2.20. The molecular formula is C13H20N2O. The number of ether oxygens (including phenoxy) is 1. The maximum Gasteiger partial charge on any atom is 0.213 e. The molecule has 88 valence electrons. The van der Waals surface area contributed by atoms with Crippen molar-refractivity contribution in [1.82, 2.24) is 4.98 Å². The first-order chi connectivity index (χ1) is 7.88. The van der Waals surface area contributed by atoms with Crippen LogP contribution in [0.15, 0.2) is 18.3 Å². The predicted octanol–water partition coefficient (Wildman–Crippen LogP) is 2.29. The first-order valence-corrected chi connectivity index (χ1v) is 6.20. The quantitative estimate of drug-likeness (QED) is 0.847. The summed E-state index contributed by atoms with van der Waals surface area (Å²) >= 11 is 0. The number of pyridine rings is 1. The van der Waals surface area contributed by atoms with Crippen LogP contribution in [0.1, 0.15) is 37.7 Å².